The average Bonchev–Trinajstić information content (AvgIpc) is 3.37. The number of amides is 1. The molecule has 0 spiro atoms. The number of ether oxygens (including phenoxy) is 1. The lowest BCUT2D eigenvalue weighted by Gasteiger charge is -2.16. The van der Waals surface area contributed by atoms with Crippen LogP contribution in [0.2, 0.25) is 0 Å². The lowest BCUT2D eigenvalue weighted by Crippen LogP contribution is -2.27. The molecule has 1 N–H and O–H groups in total. The topological polar surface area (TPSA) is 77.2 Å². The van der Waals surface area contributed by atoms with E-state index in [1.54, 1.807) is 26.0 Å². The van der Waals surface area contributed by atoms with Gasteiger partial charge in [0, 0.05) is 0 Å². The van der Waals surface area contributed by atoms with Crippen LogP contribution in [-0.4, -0.2) is 23.2 Å². The number of rotatable bonds is 5. The number of halogens is 1. The van der Waals surface area contributed by atoms with Gasteiger partial charge in [0.1, 0.15) is 0 Å². The third-order valence-corrected chi connectivity index (χ3v) is 5.55. The van der Waals surface area contributed by atoms with Crippen molar-refractivity contribution in [2.45, 2.75) is 19.9 Å². The summed E-state index contributed by atoms with van der Waals surface area (Å²) in [6.07, 6.45) is 0. The molecule has 1 aromatic carbocycles. The number of carbonyl (C=O) groups is 1. The molecular formula is C21H18FN3O3S. The van der Waals surface area contributed by atoms with Crippen molar-refractivity contribution < 1.29 is 18.4 Å². The average molecular weight is 411 g/mol. The summed E-state index contributed by atoms with van der Waals surface area (Å²) in [6, 6.07) is 9.76. The minimum atomic E-state index is -0.479. The summed E-state index contributed by atoms with van der Waals surface area (Å²) in [7, 11) is 1.41. The SMILES string of the molecule is COc1ccc(C(C)NC(=O)c2cc(-c3cccs3)nc3onc(C)c23)cc1F. The van der Waals surface area contributed by atoms with Crippen LogP contribution in [0.1, 0.15) is 34.6 Å². The summed E-state index contributed by atoms with van der Waals surface area (Å²) in [4.78, 5) is 18.5. The molecule has 0 bridgehead atoms. The second-order valence-corrected chi connectivity index (χ2v) is 7.52. The van der Waals surface area contributed by atoms with Gasteiger partial charge in [0.15, 0.2) is 11.6 Å². The molecule has 1 amide bonds. The van der Waals surface area contributed by atoms with Crippen molar-refractivity contribution in [1.29, 1.82) is 0 Å². The monoisotopic (exact) mass is 411 g/mol. The van der Waals surface area contributed by atoms with Gasteiger partial charge in [0.05, 0.1) is 40.4 Å². The van der Waals surface area contributed by atoms with E-state index in [0.717, 1.165) is 4.88 Å². The van der Waals surface area contributed by atoms with Crippen LogP contribution in [0.25, 0.3) is 21.7 Å². The van der Waals surface area contributed by atoms with E-state index in [1.165, 1.54) is 30.6 Å². The van der Waals surface area contributed by atoms with Crippen LogP contribution in [0.4, 0.5) is 4.39 Å². The van der Waals surface area contributed by atoms with Gasteiger partial charge in [-0.25, -0.2) is 9.37 Å². The van der Waals surface area contributed by atoms with E-state index >= 15 is 0 Å². The van der Waals surface area contributed by atoms with E-state index < -0.39 is 11.9 Å². The number of carbonyl (C=O) groups excluding carboxylic acids is 1. The molecule has 0 saturated heterocycles. The molecular weight excluding hydrogens is 393 g/mol. The maximum Gasteiger partial charge on any atom is 0.259 e. The van der Waals surface area contributed by atoms with Crippen LogP contribution in [-0.2, 0) is 0 Å². The normalized spacial score (nSPS) is 12.1. The lowest BCUT2D eigenvalue weighted by molar-refractivity contribution is 0.0941. The molecule has 4 rings (SSSR count). The first-order chi connectivity index (χ1) is 14.0. The Kier molecular flexibility index (Phi) is 5.02. The number of nitrogens with zero attached hydrogens (tertiary/aromatic N) is 2. The van der Waals surface area contributed by atoms with Crippen molar-refractivity contribution in [2.75, 3.05) is 7.11 Å². The summed E-state index contributed by atoms with van der Waals surface area (Å²) in [5.74, 6) is -0.638. The fraction of sp³-hybridized carbons (Fsp3) is 0.190. The maximum atomic E-state index is 14.0. The van der Waals surface area contributed by atoms with Gasteiger partial charge in [-0.1, -0.05) is 17.3 Å². The number of nitrogens with one attached hydrogen (secondary N) is 1. The number of pyridine rings is 1. The first kappa shape index (κ1) is 19.1. The molecule has 4 aromatic rings. The van der Waals surface area contributed by atoms with E-state index in [-0.39, 0.29) is 11.7 Å². The summed E-state index contributed by atoms with van der Waals surface area (Å²) in [6.45, 7) is 3.55. The Morgan fingerprint density at radius 3 is 2.83 bits per heavy atom. The first-order valence-electron chi connectivity index (χ1n) is 8.93. The number of hydrogen-bond donors (Lipinski definition) is 1. The molecule has 1 atom stereocenters. The Hall–Kier alpha value is -3.26. The van der Waals surface area contributed by atoms with Gasteiger partial charge < -0.3 is 14.6 Å². The minimum absolute atomic E-state index is 0.156. The van der Waals surface area contributed by atoms with Crippen LogP contribution in [0.3, 0.4) is 0 Å². The molecule has 0 fully saturated rings. The van der Waals surface area contributed by atoms with Gasteiger partial charge in [-0.2, -0.15) is 0 Å². The van der Waals surface area contributed by atoms with Crippen molar-refractivity contribution in [3.05, 3.63) is 64.4 Å². The maximum absolute atomic E-state index is 14.0. The van der Waals surface area contributed by atoms with E-state index in [4.69, 9.17) is 9.26 Å². The predicted molar refractivity (Wildman–Crippen MR) is 109 cm³/mol. The fourth-order valence-electron chi connectivity index (χ4n) is 3.13. The minimum Gasteiger partial charge on any atom is -0.494 e. The van der Waals surface area contributed by atoms with Crippen molar-refractivity contribution in [3.63, 3.8) is 0 Å². The molecule has 0 saturated carbocycles. The number of aryl methyl sites for hydroxylation is 1. The van der Waals surface area contributed by atoms with E-state index in [2.05, 4.69) is 15.5 Å². The zero-order valence-electron chi connectivity index (χ0n) is 16.0. The highest BCUT2D eigenvalue weighted by Crippen LogP contribution is 2.30. The van der Waals surface area contributed by atoms with Gasteiger partial charge >= 0.3 is 0 Å². The highest BCUT2D eigenvalue weighted by molar-refractivity contribution is 7.13. The zero-order valence-corrected chi connectivity index (χ0v) is 16.8. The van der Waals surface area contributed by atoms with Crippen LogP contribution in [0.15, 0.2) is 46.3 Å². The van der Waals surface area contributed by atoms with Crippen LogP contribution in [0.5, 0.6) is 5.75 Å². The van der Waals surface area contributed by atoms with Crippen LogP contribution in [0, 0.1) is 12.7 Å². The Balaban J connectivity index is 1.69. The lowest BCUT2D eigenvalue weighted by atomic mass is 10.1. The third-order valence-electron chi connectivity index (χ3n) is 4.66. The quantitative estimate of drug-likeness (QED) is 0.505. The first-order valence-corrected chi connectivity index (χ1v) is 9.81. The van der Waals surface area contributed by atoms with Crippen LogP contribution < -0.4 is 10.1 Å². The molecule has 29 heavy (non-hydrogen) atoms. The number of hydrogen-bond acceptors (Lipinski definition) is 6. The second kappa shape index (κ2) is 7.63. The molecule has 0 aliphatic carbocycles. The molecule has 3 aromatic heterocycles. The Labute approximate surface area is 170 Å². The Morgan fingerprint density at radius 1 is 1.31 bits per heavy atom. The van der Waals surface area contributed by atoms with Crippen LogP contribution >= 0.6 is 11.3 Å². The second-order valence-electron chi connectivity index (χ2n) is 6.57. The largest absolute Gasteiger partial charge is 0.494 e. The highest BCUT2D eigenvalue weighted by Gasteiger charge is 2.21. The summed E-state index contributed by atoms with van der Waals surface area (Å²) in [5, 5.41) is 9.37. The Bertz CT molecular complexity index is 1190. The number of benzene rings is 1. The van der Waals surface area contributed by atoms with Gasteiger partial charge in [-0.15, -0.1) is 11.3 Å². The van der Waals surface area contributed by atoms with Crippen molar-refractivity contribution >= 4 is 28.3 Å². The standard InChI is InChI=1S/C21H18FN3O3S/c1-11(13-6-7-17(27-3)15(22)9-13)23-20(26)14-10-16(18-5-4-8-29-18)24-21-19(14)12(2)25-28-21/h4-11H,1-3H3,(H,23,26). The number of methoxy groups -OCH3 is 1. The predicted octanol–water partition coefficient (Wildman–Crippen LogP) is 4.90. The summed E-state index contributed by atoms with van der Waals surface area (Å²) in [5.41, 5.74) is 2.57. The number of thiophene rings is 1. The van der Waals surface area contributed by atoms with Crippen molar-refractivity contribution in [1.82, 2.24) is 15.5 Å². The molecule has 0 aliphatic heterocycles. The molecule has 1 unspecified atom stereocenters. The van der Waals surface area contributed by atoms with Gasteiger partial charge in [-0.05, 0) is 49.1 Å². The Morgan fingerprint density at radius 2 is 2.14 bits per heavy atom. The van der Waals surface area contributed by atoms with Gasteiger partial charge in [-0.3, -0.25) is 4.79 Å². The fourth-order valence-corrected chi connectivity index (χ4v) is 3.82. The molecule has 6 nitrogen and oxygen atoms in total. The van der Waals surface area contributed by atoms with Crippen molar-refractivity contribution in [2.24, 2.45) is 0 Å². The third kappa shape index (κ3) is 3.58. The van der Waals surface area contributed by atoms with Crippen molar-refractivity contribution in [3.8, 4) is 16.3 Å². The molecule has 0 radical (unpaired) electrons. The number of fused-ring (bicyclic) bond motifs is 1. The smallest absolute Gasteiger partial charge is 0.259 e. The van der Waals surface area contributed by atoms with E-state index in [9.17, 15) is 9.18 Å². The van der Waals surface area contributed by atoms with Gasteiger partial charge in [0.2, 0.25) is 0 Å². The van der Waals surface area contributed by atoms with E-state index in [1.807, 2.05) is 17.5 Å². The highest BCUT2D eigenvalue weighted by atomic mass is 32.1. The summed E-state index contributed by atoms with van der Waals surface area (Å²) < 4.78 is 24.3. The zero-order chi connectivity index (χ0) is 20.5. The van der Waals surface area contributed by atoms with Gasteiger partial charge in [0.25, 0.3) is 11.6 Å². The molecule has 148 valence electrons. The molecule has 3 heterocycles. The molecule has 0 aliphatic rings. The van der Waals surface area contributed by atoms with E-state index in [0.29, 0.717) is 33.6 Å². The molecule has 8 heteroatoms. The number of aromatic nitrogens is 2. The summed E-state index contributed by atoms with van der Waals surface area (Å²) >= 11 is 1.52.